The van der Waals surface area contributed by atoms with Gasteiger partial charge in [0.2, 0.25) is 5.91 Å². The third-order valence-corrected chi connectivity index (χ3v) is 2.64. The molecule has 1 fully saturated rings. The van der Waals surface area contributed by atoms with E-state index in [0.717, 1.165) is 26.1 Å². The van der Waals surface area contributed by atoms with Crippen LogP contribution in [-0.4, -0.2) is 42.8 Å². The number of carbonyl (C=O) groups excluding carboxylic acids is 1. The van der Waals surface area contributed by atoms with Crippen LogP contribution in [0.5, 0.6) is 0 Å². The molecule has 1 rings (SSSR count). The minimum absolute atomic E-state index is 0.334. The van der Waals surface area contributed by atoms with E-state index in [1.165, 1.54) is 0 Å². The van der Waals surface area contributed by atoms with Gasteiger partial charge in [0.05, 0.1) is 12.5 Å². The second-order valence-electron chi connectivity index (χ2n) is 4.01. The van der Waals surface area contributed by atoms with Crippen LogP contribution in [-0.2, 0) is 14.3 Å². The Morgan fingerprint density at radius 2 is 2.06 bits per heavy atom. The molecule has 0 radical (unpaired) electrons. The summed E-state index contributed by atoms with van der Waals surface area (Å²) in [5, 5.41) is 11.1. The van der Waals surface area contributed by atoms with Crippen LogP contribution < -0.4 is 11.1 Å². The summed E-state index contributed by atoms with van der Waals surface area (Å²) in [6, 6.07) is -0.961. The molecule has 0 aromatic carbocycles. The minimum Gasteiger partial charge on any atom is -0.481 e. The molecule has 0 aromatic rings. The molecule has 4 N–H and O–H groups in total. The summed E-state index contributed by atoms with van der Waals surface area (Å²) < 4.78 is 5.19. The Kier molecular flexibility index (Phi) is 5.21. The van der Waals surface area contributed by atoms with Gasteiger partial charge in [0.15, 0.2) is 0 Å². The summed E-state index contributed by atoms with van der Waals surface area (Å²) >= 11 is 0. The van der Waals surface area contributed by atoms with Crippen molar-refractivity contribution in [3.8, 4) is 0 Å². The zero-order valence-corrected chi connectivity index (χ0v) is 9.15. The molecule has 6 heteroatoms. The molecule has 0 saturated carbocycles. The lowest BCUT2D eigenvalue weighted by molar-refractivity contribution is -0.139. The Bertz CT molecular complexity index is 251. The van der Waals surface area contributed by atoms with Gasteiger partial charge in [-0.15, -0.1) is 0 Å². The zero-order valence-electron chi connectivity index (χ0n) is 9.15. The van der Waals surface area contributed by atoms with Gasteiger partial charge in [-0.2, -0.15) is 0 Å². The molecule has 16 heavy (non-hydrogen) atoms. The lowest BCUT2D eigenvalue weighted by Crippen LogP contribution is -2.44. The van der Waals surface area contributed by atoms with Crippen molar-refractivity contribution in [1.82, 2.24) is 5.32 Å². The van der Waals surface area contributed by atoms with E-state index >= 15 is 0 Å². The highest BCUT2D eigenvalue weighted by Crippen LogP contribution is 2.13. The molecule has 1 aliphatic heterocycles. The largest absolute Gasteiger partial charge is 0.481 e. The van der Waals surface area contributed by atoms with Crippen molar-refractivity contribution >= 4 is 11.9 Å². The number of carbonyl (C=O) groups is 2. The van der Waals surface area contributed by atoms with E-state index in [2.05, 4.69) is 5.32 Å². The third kappa shape index (κ3) is 4.59. The number of rotatable bonds is 5. The van der Waals surface area contributed by atoms with Crippen molar-refractivity contribution < 1.29 is 19.4 Å². The first-order chi connectivity index (χ1) is 7.59. The van der Waals surface area contributed by atoms with Gasteiger partial charge in [0.1, 0.15) is 0 Å². The highest BCUT2D eigenvalue weighted by Gasteiger charge is 2.19. The van der Waals surface area contributed by atoms with E-state index in [9.17, 15) is 9.59 Å². The fourth-order valence-corrected chi connectivity index (χ4v) is 1.61. The van der Waals surface area contributed by atoms with Crippen molar-refractivity contribution in [3.63, 3.8) is 0 Å². The topological polar surface area (TPSA) is 102 Å². The Morgan fingerprint density at radius 1 is 1.44 bits per heavy atom. The maximum absolute atomic E-state index is 11.4. The number of hydrogen-bond acceptors (Lipinski definition) is 4. The average Bonchev–Trinajstić information content (AvgIpc) is 2.26. The van der Waals surface area contributed by atoms with E-state index in [1.54, 1.807) is 0 Å². The van der Waals surface area contributed by atoms with Crippen molar-refractivity contribution in [2.45, 2.75) is 25.3 Å². The molecule has 1 aliphatic rings. The van der Waals surface area contributed by atoms with Crippen LogP contribution >= 0.6 is 0 Å². The van der Waals surface area contributed by atoms with Crippen molar-refractivity contribution in [2.24, 2.45) is 11.7 Å². The molecule has 1 atom stereocenters. The van der Waals surface area contributed by atoms with Gasteiger partial charge in [0, 0.05) is 19.8 Å². The number of aliphatic carboxylic acids is 1. The fourth-order valence-electron chi connectivity index (χ4n) is 1.61. The molecule has 0 aromatic heterocycles. The number of amides is 1. The van der Waals surface area contributed by atoms with E-state index in [0.29, 0.717) is 12.5 Å². The number of ether oxygens (including phenoxy) is 1. The lowest BCUT2D eigenvalue weighted by Gasteiger charge is -2.22. The van der Waals surface area contributed by atoms with E-state index in [1.807, 2.05) is 0 Å². The summed E-state index contributed by atoms with van der Waals surface area (Å²) in [5.74, 6) is -1.04. The predicted octanol–water partition coefficient (Wildman–Crippen LogP) is -0.669. The summed E-state index contributed by atoms with van der Waals surface area (Å²) in [6.07, 6.45) is 1.52. The van der Waals surface area contributed by atoms with Gasteiger partial charge in [-0.1, -0.05) is 0 Å². The molecular weight excluding hydrogens is 212 g/mol. The van der Waals surface area contributed by atoms with Crippen molar-refractivity contribution in [1.29, 1.82) is 0 Å². The molecule has 1 unspecified atom stereocenters. The first-order valence-corrected chi connectivity index (χ1v) is 5.42. The highest BCUT2D eigenvalue weighted by atomic mass is 16.5. The first kappa shape index (κ1) is 12.9. The quantitative estimate of drug-likeness (QED) is 0.581. The van der Waals surface area contributed by atoms with Gasteiger partial charge < -0.3 is 20.9 Å². The van der Waals surface area contributed by atoms with Crippen LogP contribution in [0.2, 0.25) is 0 Å². The fraction of sp³-hybridized carbons (Fsp3) is 0.800. The second-order valence-corrected chi connectivity index (χ2v) is 4.01. The predicted molar refractivity (Wildman–Crippen MR) is 56.8 cm³/mol. The summed E-state index contributed by atoms with van der Waals surface area (Å²) in [4.78, 5) is 21.7. The average molecular weight is 230 g/mol. The molecule has 0 bridgehead atoms. The maximum atomic E-state index is 11.4. The number of carboxylic acids is 1. The van der Waals surface area contributed by atoms with Crippen molar-refractivity contribution in [2.75, 3.05) is 19.8 Å². The summed E-state index contributed by atoms with van der Waals surface area (Å²) in [7, 11) is 0. The van der Waals surface area contributed by atoms with Crippen LogP contribution in [0.25, 0.3) is 0 Å². The number of carboxylic acid groups (broad SMARTS) is 1. The Morgan fingerprint density at radius 3 is 2.62 bits per heavy atom. The first-order valence-electron chi connectivity index (χ1n) is 5.42. The Labute approximate surface area is 94.1 Å². The van der Waals surface area contributed by atoms with E-state index in [-0.39, 0.29) is 6.42 Å². The minimum atomic E-state index is -1.06. The van der Waals surface area contributed by atoms with Gasteiger partial charge in [0.25, 0.3) is 0 Å². The van der Waals surface area contributed by atoms with Crippen LogP contribution in [0, 0.1) is 5.92 Å². The van der Waals surface area contributed by atoms with Crippen molar-refractivity contribution in [3.05, 3.63) is 0 Å². The molecular formula is C10H18N2O4. The molecule has 0 spiro atoms. The molecule has 1 saturated heterocycles. The standard InChI is InChI=1S/C10H18N2O4/c11-8(5-9(13)14)10(15)12-6-7-1-3-16-4-2-7/h7-8H,1-6,11H2,(H,12,15)(H,13,14). The molecule has 92 valence electrons. The van der Waals surface area contributed by atoms with Gasteiger partial charge >= 0.3 is 5.97 Å². The smallest absolute Gasteiger partial charge is 0.305 e. The Balaban J connectivity index is 2.20. The van der Waals surface area contributed by atoms with E-state index < -0.39 is 17.9 Å². The van der Waals surface area contributed by atoms with Gasteiger partial charge in [-0.3, -0.25) is 9.59 Å². The number of hydrogen-bond donors (Lipinski definition) is 3. The summed E-state index contributed by atoms with van der Waals surface area (Å²) in [5.41, 5.74) is 5.42. The highest BCUT2D eigenvalue weighted by molar-refractivity contribution is 5.85. The van der Waals surface area contributed by atoms with Gasteiger partial charge in [-0.25, -0.2) is 0 Å². The maximum Gasteiger partial charge on any atom is 0.305 e. The van der Waals surface area contributed by atoms with Crippen LogP contribution in [0.15, 0.2) is 0 Å². The third-order valence-electron chi connectivity index (χ3n) is 2.64. The molecule has 1 amide bonds. The molecule has 6 nitrogen and oxygen atoms in total. The molecule has 0 aliphatic carbocycles. The SMILES string of the molecule is NC(CC(=O)O)C(=O)NCC1CCOCC1. The van der Waals surface area contributed by atoms with Crippen LogP contribution in [0.3, 0.4) is 0 Å². The number of nitrogens with one attached hydrogen (secondary N) is 1. The van der Waals surface area contributed by atoms with Crippen LogP contribution in [0.4, 0.5) is 0 Å². The van der Waals surface area contributed by atoms with Crippen LogP contribution in [0.1, 0.15) is 19.3 Å². The van der Waals surface area contributed by atoms with Gasteiger partial charge in [-0.05, 0) is 18.8 Å². The zero-order chi connectivity index (χ0) is 12.0. The van der Waals surface area contributed by atoms with E-state index in [4.69, 9.17) is 15.6 Å². The second kappa shape index (κ2) is 6.44. The normalized spacial score (nSPS) is 19.1. The Hall–Kier alpha value is -1.14. The monoisotopic (exact) mass is 230 g/mol. The summed E-state index contributed by atoms with van der Waals surface area (Å²) in [6.45, 7) is 2.00. The number of nitrogens with two attached hydrogens (primary N) is 1. The molecule has 1 heterocycles. The lowest BCUT2D eigenvalue weighted by atomic mass is 10.0.